The van der Waals surface area contributed by atoms with Crippen molar-refractivity contribution in [2.75, 3.05) is 13.7 Å². The molecule has 0 saturated carbocycles. The van der Waals surface area contributed by atoms with E-state index < -0.39 is 42.2 Å². The molecule has 1 aromatic carbocycles. The summed E-state index contributed by atoms with van der Waals surface area (Å²) in [6.45, 7) is 9.68. The van der Waals surface area contributed by atoms with Gasteiger partial charge in [0.2, 0.25) is 5.91 Å². The number of esters is 1. The molecule has 9 nitrogen and oxygen atoms in total. The Kier molecular flexibility index (Phi) is 14.5. The third-order valence-corrected chi connectivity index (χ3v) is 8.35. The number of aliphatic hydroxyl groups excluding tert-OH is 3. The molecule has 0 aliphatic carbocycles. The number of benzene rings is 1. The Labute approximate surface area is 250 Å². The molecule has 0 saturated heterocycles. The Hall–Kier alpha value is -2.88. The van der Waals surface area contributed by atoms with Crippen LogP contribution < -0.4 is 10.1 Å². The Balaban J connectivity index is 2.10. The van der Waals surface area contributed by atoms with Gasteiger partial charge in [-0.2, -0.15) is 0 Å². The number of methoxy groups -OCH3 is 1. The number of fused-ring (bicyclic) bond motifs is 1. The van der Waals surface area contributed by atoms with E-state index in [0.717, 1.165) is 6.42 Å². The van der Waals surface area contributed by atoms with Crippen LogP contribution in [0.15, 0.2) is 36.4 Å². The second-order valence-electron chi connectivity index (χ2n) is 11.7. The van der Waals surface area contributed by atoms with E-state index in [1.807, 2.05) is 52.0 Å². The summed E-state index contributed by atoms with van der Waals surface area (Å²) in [6, 6.07) is 2.98. The van der Waals surface area contributed by atoms with Crippen LogP contribution >= 0.6 is 0 Å². The second-order valence-corrected chi connectivity index (χ2v) is 11.7. The lowest BCUT2D eigenvalue weighted by Crippen LogP contribution is -2.37. The van der Waals surface area contributed by atoms with Gasteiger partial charge in [-0.3, -0.25) is 4.79 Å². The largest absolute Gasteiger partial charge is 0.507 e. The summed E-state index contributed by atoms with van der Waals surface area (Å²) in [6.07, 6.45) is 7.82. The molecule has 0 unspecified atom stereocenters. The molecular formula is C33H51NO8. The van der Waals surface area contributed by atoms with Gasteiger partial charge in [-0.05, 0) is 49.1 Å². The molecule has 1 aliphatic heterocycles. The Morgan fingerprint density at radius 1 is 1.17 bits per heavy atom. The fourth-order valence-corrected chi connectivity index (χ4v) is 5.18. The summed E-state index contributed by atoms with van der Waals surface area (Å²) >= 11 is 0. The first kappa shape index (κ1) is 35.3. The van der Waals surface area contributed by atoms with Crippen molar-refractivity contribution >= 4 is 11.9 Å². The van der Waals surface area contributed by atoms with Gasteiger partial charge in [0.05, 0.1) is 31.3 Å². The number of ether oxygens (including phenoxy) is 2. The van der Waals surface area contributed by atoms with E-state index in [0.29, 0.717) is 43.5 Å². The van der Waals surface area contributed by atoms with Crippen LogP contribution in [0.1, 0.15) is 82.6 Å². The minimum Gasteiger partial charge on any atom is -0.507 e. The van der Waals surface area contributed by atoms with Crippen LogP contribution in [0.4, 0.5) is 0 Å². The Morgan fingerprint density at radius 2 is 1.86 bits per heavy atom. The van der Waals surface area contributed by atoms with Gasteiger partial charge in [0.15, 0.2) is 0 Å². The van der Waals surface area contributed by atoms with Crippen LogP contribution in [0.2, 0.25) is 0 Å². The molecule has 9 heteroatoms. The molecule has 0 bridgehead atoms. The van der Waals surface area contributed by atoms with E-state index in [2.05, 4.69) is 5.32 Å². The lowest BCUT2D eigenvalue weighted by Gasteiger charge is -2.31. The maximum atomic E-state index is 13.4. The SMILES string of the molecule is CCC[C@H](O)[C@@H](C)C(=O)NCC=CC[C@@H](C)[C@@H](O)[C@H](C)[C@@H]1CC=CC[C@H](C)[C@H](O)Cc2cc(OC)cc(O)c2C(=O)O1. The van der Waals surface area contributed by atoms with E-state index in [1.165, 1.54) is 13.2 Å². The highest BCUT2D eigenvalue weighted by molar-refractivity contribution is 5.94. The maximum Gasteiger partial charge on any atom is 0.342 e. The molecular weight excluding hydrogens is 538 g/mol. The average molecular weight is 590 g/mol. The van der Waals surface area contributed by atoms with E-state index >= 15 is 0 Å². The zero-order valence-corrected chi connectivity index (χ0v) is 26.0. The molecule has 1 aromatic rings. The highest BCUT2D eigenvalue weighted by atomic mass is 16.5. The van der Waals surface area contributed by atoms with Crippen LogP contribution in [-0.4, -0.2) is 70.4 Å². The fraction of sp³-hybridized carbons (Fsp3) is 0.636. The van der Waals surface area contributed by atoms with Crippen molar-refractivity contribution < 1.29 is 39.5 Å². The van der Waals surface area contributed by atoms with Crippen molar-refractivity contribution in [1.82, 2.24) is 5.32 Å². The van der Waals surface area contributed by atoms with Gasteiger partial charge in [0.25, 0.3) is 0 Å². The topological polar surface area (TPSA) is 146 Å². The smallest absolute Gasteiger partial charge is 0.342 e. The first-order valence-electron chi connectivity index (χ1n) is 15.1. The molecule has 5 N–H and O–H groups in total. The normalized spacial score (nSPS) is 23.5. The summed E-state index contributed by atoms with van der Waals surface area (Å²) in [5, 5.41) is 45.5. The summed E-state index contributed by atoms with van der Waals surface area (Å²) in [7, 11) is 1.46. The number of hydrogen-bond acceptors (Lipinski definition) is 8. The molecule has 0 spiro atoms. The summed E-state index contributed by atoms with van der Waals surface area (Å²) < 4.78 is 11.2. The third-order valence-electron chi connectivity index (χ3n) is 8.35. The summed E-state index contributed by atoms with van der Waals surface area (Å²) in [5.41, 5.74) is 0.431. The van der Waals surface area contributed by atoms with Crippen molar-refractivity contribution in [3.05, 3.63) is 47.6 Å². The second kappa shape index (κ2) is 17.3. The molecule has 1 heterocycles. The molecule has 1 amide bonds. The number of carbonyl (C=O) groups excluding carboxylic acids is 2. The van der Waals surface area contributed by atoms with Gasteiger partial charge in [0.1, 0.15) is 23.2 Å². The monoisotopic (exact) mass is 589 g/mol. The van der Waals surface area contributed by atoms with E-state index in [-0.39, 0.29) is 35.5 Å². The van der Waals surface area contributed by atoms with Gasteiger partial charge in [-0.1, -0.05) is 65.3 Å². The van der Waals surface area contributed by atoms with E-state index in [4.69, 9.17) is 9.47 Å². The minimum atomic E-state index is -0.794. The zero-order chi connectivity index (χ0) is 31.4. The molecule has 8 atom stereocenters. The van der Waals surface area contributed by atoms with Crippen molar-refractivity contribution in [3.63, 3.8) is 0 Å². The predicted molar refractivity (Wildman–Crippen MR) is 162 cm³/mol. The highest BCUT2D eigenvalue weighted by Gasteiger charge is 2.32. The predicted octanol–water partition coefficient (Wildman–Crippen LogP) is 4.31. The van der Waals surface area contributed by atoms with Gasteiger partial charge in [-0.25, -0.2) is 4.79 Å². The van der Waals surface area contributed by atoms with Crippen molar-refractivity contribution in [2.24, 2.45) is 23.7 Å². The molecule has 236 valence electrons. The van der Waals surface area contributed by atoms with Gasteiger partial charge in [-0.15, -0.1) is 0 Å². The molecule has 1 aliphatic rings. The zero-order valence-electron chi connectivity index (χ0n) is 26.0. The van der Waals surface area contributed by atoms with Crippen LogP contribution in [-0.2, 0) is 16.0 Å². The molecule has 0 radical (unpaired) electrons. The maximum absolute atomic E-state index is 13.4. The first-order chi connectivity index (χ1) is 19.9. The molecule has 0 aromatic heterocycles. The number of rotatable bonds is 12. The van der Waals surface area contributed by atoms with E-state index in [9.17, 15) is 30.0 Å². The minimum absolute atomic E-state index is 0.00662. The van der Waals surface area contributed by atoms with Gasteiger partial charge >= 0.3 is 5.97 Å². The number of phenols is 1. The number of aromatic hydroxyl groups is 1. The number of amides is 1. The number of allylic oxidation sites excluding steroid dienone is 2. The van der Waals surface area contributed by atoms with Crippen LogP contribution in [0.5, 0.6) is 11.5 Å². The fourth-order valence-electron chi connectivity index (χ4n) is 5.18. The Bertz CT molecular complexity index is 1070. The van der Waals surface area contributed by atoms with Gasteiger partial charge in [0, 0.05) is 24.9 Å². The van der Waals surface area contributed by atoms with Gasteiger partial charge < -0.3 is 35.2 Å². The molecule has 0 fully saturated rings. The summed E-state index contributed by atoms with van der Waals surface area (Å²) in [4.78, 5) is 25.6. The van der Waals surface area contributed by atoms with Crippen LogP contribution in [0.25, 0.3) is 0 Å². The van der Waals surface area contributed by atoms with Crippen LogP contribution in [0, 0.1) is 23.7 Å². The number of phenolic OH excluding ortho intramolecular Hbond substituents is 1. The average Bonchev–Trinajstić information content (AvgIpc) is 2.95. The Morgan fingerprint density at radius 3 is 2.52 bits per heavy atom. The quantitative estimate of drug-likeness (QED) is 0.179. The van der Waals surface area contributed by atoms with Crippen molar-refractivity contribution in [2.45, 2.75) is 97.6 Å². The number of hydrogen-bond donors (Lipinski definition) is 5. The molecule has 42 heavy (non-hydrogen) atoms. The van der Waals surface area contributed by atoms with E-state index in [1.54, 1.807) is 13.0 Å². The molecule has 2 rings (SSSR count). The highest BCUT2D eigenvalue weighted by Crippen LogP contribution is 2.33. The standard InChI is InChI=1S/C33H51NO8/c1-7-12-26(35)22(4)32(39)34-16-11-10-14-21(3)31(38)23(5)29-15-9-8-13-20(2)27(36)18-24-17-25(41-6)19-28(37)30(24)33(40)42-29/h8-11,17,19-23,26-27,29,31,35-38H,7,12-16,18H2,1-6H3,(H,34,39)/t20-,21+,22+,23+,26-,27+,29-,31+/m0/s1. The first-order valence-corrected chi connectivity index (χ1v) is 15.1. The van der Waals surface area contributed by atoms with Crippen molar-refractivity contribution in [1.29, 1.82) is 0 Å². The lowest BCUT2D eigenvalue weighted by atomic mass is 9.85. The number of nitrogens with one attached hydrogen (secondary N) is 1. The van der Waals surface area contributed by atoms with Crippen LogP contribution in [0.3, 0.4) is 0 Å². The number of carbonyl (C=O) groups is 2. The third kappa shape index (κ3) is 10.1. The lowest BCUT2D eigenvalue weighted by molar-refractivity contribution is -0.127. The number of aliphatic hydroxyl groups is 3. The number of cyclic esters (lactones) is 1. The summed E-state index contributed by atoms with van der Waals surface area (Å²) in [5.74, 6) is -1.98. The van der Waals surface area contributed by atoms with Crippen molar-refractivity contribution in [3.8, 4) is 11.5 Å².